The van der Waals surface area contributed by atoms with Crippen molar-refractivity contribution < 1.29 is 23.8 Å². The lowest BCUT2D eigenvalue weighted by molar-refractivity contribution is -0.255. The Hall–Kier alpha value is -3.00. The normalized spacial score (nSPS) is 10.5. The molecule has 3 aromatic rings. The largest absolute Gasteiger partial charge is 0.545 e. The summed E-state index contributed by atoms with van der Waals surface area (Å²) >= 11 is 1.36. The van der Waals surface area contributed by atoms with Crippen LogP contribution in [-0.2, 0) is 5.75 Å². The van der Waals surface area contributed by atoms with Gasteiger partial charge in [0.2, 0.25) is 5.89 Å². The van der Waals surface area contributed by atoms with Gasteiger partial charge in [-0.25, -0.2) is 0 Å². The summed E-state index contributed by atoms with van der Waals surface area (Å²) in [6.07, 6.45) is 0. The monoisotopic (exact) mass is 371 g/mol. The molecule has 3 rings (SSSR count). The minimum absolute atomic E-state index is 0.144. The molecule has 0 amide bonds. The summed E-state index contributed by atoms with van der Waals surface area (Å²) in [5, 5.41) is 19.2. The molecule has 0 fully saturated rings. The SMILES string of the molecule is COc1cc(OC)cc(-c2nnc(SCc3ccc(C(=O)[O-])cc3)o2)c1. The van der Waals surface area contributed by atoms with Gasteiger partial charge < -0.3 is 23.8 Å². The first-order chi connectivity index (χ1) is 12.6. The van der Waals surface area contributed by atoms with Crippen LogP contribution in [-0.4, -0.2) is 30.4 Å². The van der Waals surface area contributed by atoms with Crippen LogP contribution in [0.3, 0.4) is 0 Å². The van der Waals surface area contributed by atoms with E-state index >= 15 is 0 Å². The van der Waals surface area contributed by atoms with Crippen LogP contribution in [0.15, 0.2) is 52.1 Å². The van der Waals surface area contributed by atoms with E-state index < -0.39 is 5.97 Å². The van der Waals surface area contributed by atoms with Gasteiger partial charge in [-0.05, 0) is 23.3 Å². The first kappa shape index (κ1) is 17.8. The third kappa shape index (κ3) is 4.15. The minimum Gasteiger partial charge on any atom is -0.545 e. The van der Waals surface area contributed by atoms with E-state index in [1.807, 2.05) is 0 Å². The molecule has 8 heteroatoms. The number of carboxylic acids is 1. The number of methoxy groups -OCH3 is 2. The third-order valence-electron chi connectivity index (χ3n) is 3.56. The Balaban J connectivity index is 1.71. The highest BCUT2D eigenvalue weighted by molar-refractivity contribution is 7.98. The molecule has 2 aromatic carbocycles. The van der Waals surface area contributed by atoms with Crippen molar-refractivity contribution in [1.82, 2.24) is 10.2 Å². The molecule has 0 aliphatic heterocycles. The maximum atomic E-state index is 10.8. The van der Waals surface area contributed by atoms with Crippen molar-refractivity contribution in [2.45, 2.75) is 11.0 Å². The zero-order valence-corrected chi connectivity index (χ0v) is 14.9. The number of carboxylic acid groups (broad SMARTS) is 1. The van der Waals surface area contributed by atoms with Gasteiger partial charge in [0.25, 0.3) is 5.22 Å². The van der Waals surface area contributed by atoms with E-state index in [4.69, 9.17) is 13.9 Å². The van der Waals surface area contributed by atoms with Gasteiger partial charge in [0, 0.05) is 17.4 Å². The van der Waals surface area contributed by atoms with Crippen LogP contribution in [0.2, 0.25) is 0 Å². The average molecular weight is 371 g/mol. The Labute approximate surface area is 154 Å². The van der Waals surface area contributed by atoms with Crippen molar-refractivity contribution >= 4 is 17.7 Å². The zero-order chi connectivity index (χ0) is 18.5. The molecule has 0 aliphatic rings. The predicted molar refractivity (Wildman–Crippen MR) is 93.2 cm³/mol. The van der Waals surface area contributed by atoms with Crippen molar-refractivity contribution in [2.24, 2.45) is 0 Å². The van der Waals surface area contributed by atoms with Crippen LogP contribution >= 0.6 is 11.8 Å². The number of hydrogen-bond acceptors (Lipinski definition) is 8. The van der Waals surface area contributed by atoms with Crippen LogP contribution in [0, 0.1) is 0 Å². The van der Waals surface area contributed by atoms with Crippen molar-refractivity contribution in [1.29, 1.82) is 0 Å². The van der Waals surface area contributed by atoms with Crippen LogP contribution < -0.4 is 14.6 Å². The number of aromatic carboxylic acids is 1. The number of carbonyl (C=O) groups is 1. The van der Waals surface area contributed by atoms with E-state index in [1.165, 1.54) is 23.9 Å². The fourth-order valence-electron chi connectivity index (χ4n) is 2.20. The third-order valence-corrected chi connectivity index (χ3v) is 4.45. The number of hydrogen-bond donors (Lipinski definition) is 0. The highest BCUT2D eigenvalue weighted by Gasteiger charge is 2.12. The summed E-state index contributed by atoms with van der Waals surface area (Å²) < 4.78 is 16.2. The molecule has 0 saturated heterocycles. The van der Waals surface area contributed by atoms with Crippen molar-refractivity contribution in [3.63, 3.8) is 0 Å². The highest BCUT2D eigenvalue weighted by atomic mass is 32.2. The standard InChI is InChI=1S/C18H16N2O5S/c1-23-14-7-13(8-15(9-14)24-2)16-19-20-18(25-16)26-10-11-3-5-12(6-4-11)17(21)22/h3-9H,10H2,1-2H3,(H,21,22)/p-1. The lowest BCUT2D eigenvalue weighted by Gasteiger charge is -2.05. The summed E-state index contributed by atoms with van der Waals surface area (Å²) in [7, 11) is 3.14. The fraction of sp³-hybridized carbons (Fsp3) is 0.167. The molecular formula is C18H15N2O5S-. The Kier molecular flexibility index (Phi) is 5.43. The molecule has 134 valence electrons. The summed E-state index contributed by atoms with van der Waals surface area (Å²) in [6.45, 7) is 0. The van der Waals surface area contributed by atoms with Gasteiger partial charge in [0.05, 0.1) is 20.2 Å². The Morgan fingerprint density at radius 3 is 2.31 bits per heavy atom. The number of carbonyl (C=O) groups excluding carboxylic acids is 1. The second-order valence-corrected chi connectivity index (χ2v) is 6.17. The maximum absolute atomic E-state index is 10.8. The van der Waals surface area contributed by atoms with E-state index in [2.05, 4.69) is 10.2 Å². The Morgan fingerprint density at radius 2 is 1.73 bits per heavy atom. The molecule has 0 atom stereocenters. The van der Waals surface area contributed by atoms with Crippen molar-refractivity contribution in [2.75, 3.05) is 14.2 Å². The van der Waals surface area contributed by atoms with Crippen LogP contribution in [0.4, 0.5) is 0 Å². The molecule has 26 heavy (non-hydrogen) atoms. The van der Waals surface area contributed by atoms with Crippen LogP contribution in [0.5, 0.6) is 11.5 Å². The summed E-state index contributed by atoms with van der Waals surface area (Å²) in [5.74, 6) is 0.979. The van der Waals surface area contributed by atoms with Gasteiger partial charge in [-0.15, -0.1) is 10.2 Å². The van der Waals surface area contributed by atoms with Crippen LogP contribution in [0.25, 0.3) is 11.5 Å². The van der Waals surface area contributed by atoms with Crippen molar-refractivity contribution in [3.05, 3.63) is 53.6 Å². The molecule has 0 N–H and O–H groups in total. The van der Waals surface area contributed by atoms with Gasteiger partial charge in [-0.3, -0.25) is 0 Å². The second kappa shape index (κ2) is 7.92. The highest BCUT2D eigenvalue weighted by Crippen LogP contribution is 2.31. The van der Waals surface area contributed by atoms with E-state index in [9.17, 15) is 9.90 Å². The molecule has 0 aliphatic carbocycles. The Bertz CT molecular complexity index is 886. The van der Waals surface area contributed by atoms with Gasteiger partial charge in [0.15, 0.2) is 0 Å². The average Bonchev–Trinajstić information content (AvgIpc) is 3.15. The fourth-order valence-corrected chi connectivity index (χ4v) is 2.92. The molecule has 1 heterocycles. The van der Waals surface area contributed by atoms with Crippen molar-refractivity contribution in [3.8, 4) is 23.0 Å². The van der Waals surface area contributed by atoms with E-state index in [0.717, 1.165) is 5.56 Å². The number of benzene rings is 2. The number of thioether (sulfide) groups is 1. The molecule has 0 unspecified atom stereocenters. The van der Waals surface area contributed by atoms with E-state index in [-0.39, 0.29) is 5.56 Å². The van der Waals surface area contributed by atoms with Gasteiger partial charge in [-0.1, -0.05) is 36.0 Å². The number of aromatic nitrogens is 2. The van der Waals surface area contributed by atoms with Gasteiger partial charge in [-0.2, -0.15) is 0 Å². The molecule has 0 spiro atoms. The maximum Gasteiger partial charge on any atom is 0.277 e. The molecule has 7 nitrogen and oxygen atoms in total. The second-order valence-electron chi connectivity index (χ2n) is 5.25. The predicted octanol–water partition coefficient (Wildman–Crippen LogP) is 2.41. The summed E-state index contributed by atoms with van der Waals surface area (Å²) in [5.41, 5.74) is 1.77. The first-order valence-corrected chi connectivity index (χ1v) is 8.57. The van der Waals surface area contributed by atoms with Crippen LogP contribution in [0.1, 0.15) is 15.9 Å². The number of rotatable bonds is 7. The smallest absolute Gasteiger partial charge is 0.277 e. The number of ether oxygens (including phenoxy) is 2. The summed E-state index contributed by atoms with van der Waals surface area (Å²) in [6, 6.07) is 11.8. The Morgan fingerprint density at radius 1 is 1.08 bits per heavy atom. The van der Waals surface area contributed by atoms with E-state index in [1.54, 1.807) is 44.6 Å². The minimum atomic E-state index is -1.19. The topological polar surface area (TPSA) is 97.5 Å². The molecular weight excluding hydrogens is 356 g/mol. The number of nitrogens with zero attached hydrogens (tertiary/aromatic N) is 2. The van der Waals surface area contributed by atoms with Gasteiger partial charge in [0.1, 0.15) is 11.5 Å². The molecule has 0 radical (unpaired) electrons. The molecule has 1 aromatic heterocycles. The first-order valence-electron chi connectivity index (χ1n) is 7.59. The molecule has 0 bridgehead atoms. The lowest BCUT2D eigenvalue weighted by atomic mass is 10.1. The quantitative estimate of drug-likeness (QED) is 0.584. The molecule has 0 saturated carbocycles. The van der Waals surface area contributed by atoms with Gasteiger partial charge >= 0.3 is 0 Å². The lowest BCUT2D eigenvalue weighted by Crippen LogP contribution is -2.21. The zero-order valence-electron chi connectivity index (χ0n) is 14.1. The summed E-state index contributed by atoms with van der Waals surface area (Å²) in [4.78, 5) is 10.8. The van der Waals surface area contributed by atoms with E-state index in [0.29, 0.717) is 33.9 Å².